The highest BCUT2D eigenvalue weighted by atomic mass is 19.1. The lowest BCUT2D eigenvalue weighted by Crippen LogP contribution is -2.47. The van der Waals surface area contributed by atoms with Gasteiger partial charge in [0.2, 0.25) is 0 Å². The van der Waals surface area contributed by atoms with Crippen LogP contribution >= 0.6 is 0 Å². The van der Waals surface area contributed by atoms with Crippen molar-refractivity contribution in [3.63, 3.8) is 0 Å². The van der Waals surface area contributed by atoms with E-state index in [4.69, 9.17) is 4.74 Å². The predicted molar refractivity (Wildman–Crippen MR) is 95.0 cm³/mol. The third kappa shape index (κ3) is 3.50. The van der Waals surface area contributed by atoms with Gasteiger partial charge in [0.15, 0.2) is 11.6 Å². The molecule has 0 radical (unpaired) electrons. The van der Waals surface area contributed by atoms with Crippen LogP contribution in [0.3, 0.4) is 0 Å². The summed E-state index contributed by atoms with van der Waals surface area (Å²) in [5.74, 6) is 0.408. The van der Waals surface area contributed by atoms with Crippen molar-refractivity contribution < 1.29 is 13.9 Å². The van der Waals surface area contributed by atoms with Crippen LogP contribution in [0.5, 0.6) is 5.75 Å². The monoisotopic (exact) mass is 344 g/mol. The van der Waals surface area contributed by atoms with Gasteiger partial charge in [-0.1, -0.05) is 0 Å². The molecule has 1 aliphatic rings. The Morgan fingerprint density at radius 2 is 1.92 bits per heavy atom. The molecule has 1 saturated heterocycles. The van der Waals surface area contributed by atoms with Crippen molar-refractivity contribution in [1.29, 1.82) is 0 Å². The first kappa shape index (κ1) is 17.0. The van der Waals surface area contributed by atoms with E-state index >= 15 is 0 Å². The standard InChI is InChI=1S/C18H21FN4O2/c1-20-18(24)14-4-3-7-21-17(14)23-10-8-22(9-11-23)13-5-6-16(25-2)15(19)12-13/h3-7,12H,8-11H2,1-2H3,(H,20,24). The molecule has 0 saturated carbocycles. The number of hydrogen-bond acceptors (Lipinski definition) is 5. The van der Waals surface area contributed by atoms with Gasteiger partial charge in [0, 0.05) is 51.2 Å². The van der Waals surface area contributed by atoms with E-state index in [0.717, 1.165) is 18.8 Å². The lowest BCUT2D eigenvalue weighted by Gasteiger charge is -2.37. The maximum atomic E-state index is 13.9. The maximum absolute atomic E-state index is 13.9. The van der Waals surface area contributed by atoms with E-state index in [-0.39, 0.29) is 17.5 Å². The highest BCUT2D eigenvalue weighted by molar-refractivity contribution is 5.98. The number of methoxy groups -OCH3 is 1. The van der Waals surface area contributed by atoms with E-state index in [1.165, 1.54) is 13.2 Å². The minimum Gasteiger partial charge on any atom is -0.494 e. The molecule has 0 unspecified atom stereocenters. The average Bonchev–Trinajstić information content (AvgIpc) is 2.67. The van der Waals surface area contributed by atoms with Gasteiger partial charge in [-0.25, -0.2) is 9.37 Å². The van der Waals surface area contributed by atoms with Gasteiger partial charge in [0.1, 0.15) is 5.82 Å². The largest absolute Gasteiger partial charge is 0.494 e. The molecule has 2 heterocycles. The number of hydrogen-bond donors (Lipinski definition) is 1. The molecule has 0 atom stereocenters. The highest BCUT2D eigenvalue weighted by Gasteiger charge is 2.22. The van der Waals surface area contributed by atoms with E-state index in [9.17, 15) is 9.18 Å². The van der Waals surface area contributed by atoms with Crippen molar-refractivity contribution in [1.82, 2.24) is 10.3 Å². The molecule has 3 rings (SSSR count). The predicted octanol–water partition coefficient (Wildman–Crippen LogP) is 1.92. The second kappa shape index (κ2) is 7.38. The number of pyridine rings is 1. The molecule has 0 spiro atoms. The van der Waals surface area contributed by atoms with Crippen molar-refractivity contribution >= 4 is 17.4 Å². The zero-order valence-corrected chi connectivity index (χ0v) is 14.3. The summed E-state index contributed by atoms with van der Waals surface area (Å²) in [5, 5.41) is 2.64. The van der Waals surface area contributed by atoms with E-state index < -0.39 is 0 Å². The number of halogens is 1. The van der Waals surface area contributed by atoms with Crippen LogP contribution < -0.4 is 19.9 Å². The number of nitrogens with one attached hydrogen (secondary N) is 1. The Bertz CT molecular complexity index is 760. The Morgan fingerprint density at radius 1 is 1.20 bits per heavy atom. The summed E-state index contributed by atoms with van der Waals surface area (Å²) in [6.07, 6.45) is 1.69. The molecule has 2 aromatic rings. The van der Waals surface area contributed by atoms with Crippen LogP contribution in [0.2, 0.25) is 0 Å². The first-order valence-corrected chi connectivity index (χ1v) is 8.14. The minimum absolute atomic E-state index is 0.150. The highest BCUT2D eigenvalue weighted by Crippen LogP contribution is 2.26. The fraction of sp³-hybridized carbons (Fsp3) is 0.333. The Labute approximate surface area is 146 Å². The Balaban J connectivity index is 1.72. The number of anilines is 2. The van der Waals surface area contributed by atoms with Gasteiger partial charge in [-0.05, 0) is 24.3 Å². The van der Waals surface area contributed by atoms with Crippen LogP contribution in [-0.2, 0) is 0 Å². The number of aromatic nitrogens is 1. The lowest BCUT2D eigenvalue weighted by molar-refractivity contribution is 0.0963. The van der Waals surface area contributed by atoms with Crippen LogP contribution in [0.4, 0.5) is 15.9 Å². The lowest BCUT2D eigenvalue weighted by atomic mass is 10.2. The summed E-state index contributed by atoms with van der Waals surface area (Å²) in [5.41, 5.74) is 1.39. The van der Waals surface area contributed by atoms with Crippen LogP contribution in [-0.4, -0.2) is 51.2 Å². The van der Waals surface area contributed by atoms with Gasteiger partial charge >= 0.3 is 0 Å². The van der Waals surface area contributed by atoms with Crippen LogP contribution in [0.25, 0.3) is 0 Å². The quantitative estimate of drug-likeness (QED) is 0.918. The zero-order chi connectivity index (χ0) is 17.8. The molecule has 25 heavy (non-hydrogen) atoms. The number of carbonyl (C=O) groups is 1. The van der Waals surface area contributed by atoms with Gasteiger partial charge < -0.3 is 19.9 Å². The molecule has 1 aromatic carbocycles. The van der Waals surface area contributed by atoms with Crippen LogP contribution in [0.1, 0.15) is 10.4 Å². The number of amides is 1. The van der Waals surface area contributed by atoms with Crippen LogP contribution in [0.15, 0.2) is 36.5 Å². The molecular weight excluding hydrogens is 323 g/mol. The van der Waals surface area contributed by atoms with Crippen molar-refractivity contribution in [3.05, 3.63) is 47.9 Å². The molecule has 1 N–H and O–H groups in total. The van der Waals surface area contributed by atoms with Crippen molar-refractivity contribution in [2.45, 2.75) is 0 Å². The van der Waals surface area contributed by atoms with Crippen molar-refractivity contribution in [2.75, 3.05) is 50.1 Å². The number of nitrogens with zero attached hydrogens (tertiary/aromatic N) is 3. The maximum Gasteiger partial charge on any atom is 0.254 e. The second-order valence-electron chi connectivity index (χ2n) is 5.75. The zero-order valence-electron chi connectivity index (χ0n) is 14.3. The van der Waals surface area contributed by atoms with Gasteiger partial charge in [-0.2, -0.15) is 0 Å². The number of benzene rings is 1. The molecule has 1 fully saturated rings. The summed E-state index contributed by atoms with van der Waals surface area (Å²) in [6, 6.07) is 8.51. The van der Waals surface area contributed by atoms with E-state index in [1.54, 1.807) is 31.4 Å². The Kier molecular flexibility index (Phi) is 5.02. The molecule has 132 valence electrons. The average molecular weight is 344 g/mol. The van der Waals surface area contributed by atoms with Crippen molar-refractivity contribution in [2.24, 2.45) is 0 Å². The van der Waals surface area contributed by atoms with Gasteiger partial charge in [0.25, 0.3) is 5.91 Å². The minimum atomic E-state index is -0.367. The molecule has 1 aliphatic heterocycles. The first-order valence-electron chi connectivity index (χ1n) is 8.14. The van der Waals surface area contributed by atoms with Crippen LogP contribution in [0, 0.1) is 5.82 Å². The molecule has 0 aliphatic carbocycles. The van der Waals surface area contributed by atoms with E-state index in [2.05, 4.69) is 20.1 Å². The van der Waals surface area contributed by atoms with Gasteiger partial charge in [-0.15, -0.1) is 0 Å². The summed E-state index contributed by atoms with van der Waals surface area (Å²) in [6.45, 7) is 2.84. The van der Waals surface area contributed by atoms with E-state index in [1.807, 2.05) is 6.07 Å². The third-order valence-electron chi connectivity index (χ3n) is 4.34. The third-order valence-corrected chi connectivity index (χ3v) is 4.34. The summed E-state index contributed by atoms with van der Waals surface area (Å²) in [4.78, 5) is 20.6. The van der Waals surface area contributed by atoms with Gasteiger partial charge in [-0.3, -0.25) is 4.79 Å². The Hall–Kier alpha value is -2.83. The fourth-order valence-electron chi connectivity index (χ4n) is 2.99. The molecule has 1 aromatic heterocycles. The van der Waals surface area contributed by atoms with Crippen molar-refractivity contribution in [3.8, 4) is 5.75 Å². The molecule has 6 nitrogen and oxygen atoms in total. The number of carbonyl (C=O) groups excluding carboxylic acids is 1. The summed E-state index contributed by atoms with van der Waals surface area (Å²) in [7, 11) is 3.06. The Morgan fingerprint density at radius 3 is 2.56 bits per heavy atom. The summed E-state index contributed by atoms with van der Waals surface area (Å²) >= 11 is 0. The normalized spacial score (nSPS) is 14.4. The fourth-order valence-corrected chi connectivity index (χ4v) is 2.99. The molecule has 0 bridgehead atoms. The summed E-state index contributed by atoms with van der Waals surface area (Å²) < 4.78 is 18.9. The van der Waals surface area contributed by atoms with Gasteiger partial charge in [0.05, 0.1) is 12.7 Å². The number of ether oxygens (including phenoxy) is 1. The topological polar surface area (TPSA) is 57.7 Å². The van der Waals surface area contributed by atoms with E-state index in [0.29, 0.717) is 24.5 Å². The number of piperazine rings is 1. The second-order valence-corrected chi connectivity index (χ2v) is 5.75. The first-order chi connectivity index (χ1) is 12.1. The SMILES string of the molecule is CNC(=O)c1cccnc1N1CCN(c2ccc(OC)c(F)c2)CC1. The smallest absolute Gasteiger partial charge is 0.254 e. The molecule has 7 heteroatoms. The number of rotatable bonds is 4. The molecular formula is C18H21FN4O2. The molecule has 1 amide bonds.